The van der Waals surface area contributed by atoms with E-state index < -0.39 is 5.97 Å². The first-order valence-corrected chi connectivity index (χ1v) is 6.63. The average Bonchev–Trinajstić information content (AvgIpc) is 2.65. The summed E-state index contributed by atoms with van der Waals surface area (Å²) in [5, 5.41) is 12.8. The molecule has 0 fully saturated rings. The number of aromatic nitrogens is 1. The van der Waals surface area contributed by atoms with E-state index in [4.69, 9.17) is 5.11 Å². The lowest BCUT2D eigenvalue weighted by molar-refractivity contribution is -0.136. The maximum Gasteiger partial charge on any atom is 0.304 e. The lowest BCUT2D eigenvalue weighted by Crippen LogP contribution is -2.05. The predicted molar refractivity (Wildman–Crippen MR) is 67.2 cm³/mol. The van der Waals surface area contributed by atoms with Gasteiger partial charge in [-0.25, -0.2) is 4.98 Å². The molecule has 84 valence electrons. The van der Waals surface area contributed by atoms with Gasteiger partial charge in [0.25, 0.3) is 0 Å². The van der Waals surface area contributed by atoms with Gasteiger partial charge < -0.3 is 5.11 Å². The van der Waals surface area contributed by atoms with Gasteiger partial charge in [-0.2, -0.15) is 0 Å². The zero-order valence-electron chi connectivity index (χ0n) is 8.71. The zero-order valence-corrected chi connectivity index (χ0v) is 10.3. The van der Waals surface area contributed by atoms with Crippen molar-refractivity contribution in [3.63, 3.8) is 0 Å². The largest absolute Gasteiger partial charge is 0.481 e. The number of hydrogen-bond donors (Lipinski definition) is 1. The lowest BCUT2D eigenvalue weighted by atomic mass is 10.3. The Labute approximate surface area is 102 Å². The summed E-state index contributed by atoms with van der Waals surface area (Å²) in [7, 11) is 0. The van der Waals surface area contributed by atoms with Crippen LogP contribution in [0.4, 0.5) is 0 Å². The van der Waals surface area contributed by atoms with Gasteiger partial charge in [0.15, 0.2) is 0 Å². The number of aliphatic carboxylic acids is 1. The monoisotopic (exact) mass is 253 g/mol. The van der Waals surface area contributed by atoms with Crippen LogP contribution in [0.3, 0.4) is 0 Å². The van der Waals surface area contributed by atoms with E-state index in [1.165, 1.54) is 16.5 Å². The highest BCUT2D eigenvalue weighted by Crippen LogP contribution is 2.32. The van der Waals surface area contributed by atoms with Crippen LogP contribution in [0.25, 0.3) is 10.1 Å². The molecule has 2 aromatic heterocycles. The predicted octanol–water partition coefficient (Wildman–Crippen LogP) is 3.25. The van der Waals surface area contributed by atoms with Gasteiger partial charge in [-0.1, -0.05) is 6.92 Å². The number of thiophene rings is 1. The lowest BCUT2D eigenvalue weighted by Gasteiger charge is -2.08. The minimum Gasteiger partial charge on any atom is -0.481 e. The van der Waals surface area contributed by atoms with E-state index in [0.29, 0.717) is 0 Å². The molecular formula is C11H11NO2S2. The van der Waals surface area contributed by atoms with Gasteiger partial charge in [0.2, 0.25) is 0 Å². The van der Waals surface area contributed by atoms with Gasteiger partial charge in [0, 0.05) is 21.5 Å². The normalized spacial score (nSPS) is 12.8. The Bertz CT molecular complexity index is 509. The zero-order chi connectivity index (χ0) is 11.5. The van der Waals surface area contributed by atoms with E-state index in [0.717, 1.165) is 10.4 Å². The van der Waals surface area contributed by atoms with Crippen LogP contribution in [0.1, 0.15) is 13.3 Å². The van der Waals surface area contributed by atoms with Crippen LogP contribution in [-0.4, -0.2) is 21.3 Å². The minimum absolute atomic E-state index is 0.0375. The number of hydrogen-bond acceptors (Lipinski definition) is 4. The number of carbonyl (C=O) groups is 1. The van der Waals surface area contributed by atoms with E-state index in [9.17, 15) is 4.79 Å². The fourth-order valence-electron chi connectivity index (χ4n) is 1.44. The standard InChI is InChI=1S/C11H11NO2S2/c1-7(6-10(13)14)16-11-8-3-5-15-9(8)2-4-12-11/h2-5,7H,6H2,1H3,(H,13,14). The van der Waals surface area contributed by atoms with E-state index in [1.807, 2.05) is 24.4 Å². The molecular weight excluding hydrogens is 242 g/mol. The summed E-state index contributed by atoms with van der Waals surface area (Å²) in [6.45, 7) is 1.91. The molecule has 0 aliphatic heterocycles. The summed E-state index contributed by atoms with van der Waals surface area (Å²) in [5.41, 5.74) is 0. The van der Waals surface area contributed by atoms with Crippen LogP contribution in [0.15, 0.2) is 28.7 Å². The van der Waals surface area contributed by atoms with Crippen LogP contribution >= 0.6 is 23.1 Å². The Hall–Kier alpha value is -1.07. The van der Waals surface area contributed by atoms with Crippen LogP contribution in [0.2, 0.25) is 0 Å². The average molecular weight is 253 g/mol. The number of carboxylic acids is 1. The second-order valence-corrected chi connectivity index (χ2v) is 5.85. The van der Waals surface area contributed by atoms with Crippen LogP contribution in [0.5, 0.6) is 0 Å². The van der Waals surface area contributed by atoms with Gasteiger partial charge in [-0.15, -0.1) is 23.1 Å². The number of rotatable bonds is 4. The molecule has 0 saturated carbocycles. The second-order valence-electron chi connectivity index (χ2n) is 3.47. The number of pyridine rings is 1. The van der Waals surface area contributed by atoms with E-state index in [2.05, 4.69) is 4.98 Å². The van der Waals surface area contributed by atoms with Crippen molar-refractivity contribution in [3.05, 3.63) is 23.7 Å². The molecule has 0 radical (unpaired) electrons. The van der Waals surface area contributed by atoms with Crippen LogP contribution < -0.4 is 0 Å². The summed E-state index contributed by atoms with van der Waals surface area (Å²) >= 11 is 3.19. The molecule has 1 atom stereocenters. The Morgan fingerprint density at radius 1 is 1.62 bits per heavy atom. The van der Waals surface area contributed by atoms with Gasteiger partial charge in [0.05, 0.1) is 6.42 Å². The van der Waals surface area contributed by atoms with Crippen molar-refractivity contribution in [2.45, 2.75) is 23.6 Å². The molecule has 1 N–H and O–H groups in total. The quantitative estimate of drug-likeness (QED) is 0.850. The smallest absolute Gasteiger partial charge is 0.304 e. The number of carboxylic acid groups (broad SMARTS) is 1. The molecule has 0 saturated heterocycles. The SMILES string of the molecule is CC(CC(=O)O)Sc1nccc2sccc12. The highest BCUT2D eigenvalue weighted by Gasteiger charge is 2.12. The molecule has 2 rings (SSSR count). The fraction of sp³-hybridized carbons (Fsp3) is 0.273. The van der Waals surface area contributed by atoms with Crippen molar-refractivity contribution >= 4 is 39.2 Å². The Morgan fingerprint density at radius 3 is 3.19 bits per heavy atom. The summed E-state index contributed by atoms with van der Waals surface area (Å²) in [6.07, 6.45) is 1.93. The molecule has 2 aromatic rings. The molecule has 16 heavy (non-hydrogen) atoms. The third-order valence-corrected chi connectivity index (χ3v) is 4.12. The summed E-state index contributed by atoms with van der Waals surface area (Å²) in [5.74, 6) is -0.766. The van der Waals surface area contributed by atoms with E-state index >= 15 is 0 Å². The second kappa shape index (κ2) is 4.84. The van der Waals surface area contributed by atoms with Gasteiger partial charge in [0.1, 0.15) is 5.03 Å². The molecule has 2 heterocycles. The van der Waals surface area contributed by atoms with Crippen molar-refractivity contribution in [1.29, 1.82) is 0 Å². The minimum atomic E-state index is -0.766. The van der Waals surface area contributed by atoms with Gasteiger partial charge in [-0.05, 0) is 17.5 Å². The molecule has 0 aliphatic carbocycles. The summed E-state index contributed by atoms with van der Waals surface area (Å²) < 4.78 is 1.19. The summed E-state index contributed by atoms with van der Waals surface area (Å²) in [6, 6.07) is 4.01. The summed E-state index contributed by atoms with van der Waals surface area (Å²) in [4.78, 5) is 14.9. The molecule has 0 spiro atoms. The molecule has 0 aromatic carbocycles. The number of nitrogens with zero attached hydrogens (tertiary/aromatic N) is 1. The third-order valence-electron chi connectivity index (χ3n) is 2.12. The van der Waals surface area contributed by atoms with Crippen LogP contribution in [-0.2, 0) is 4.79 Å². The molecule has 0 aliphatic rings. The van der Waals surface area contributed by atoms with E-state index in [1.54, 1.807) is 17.5 Å². The molecule has 0 bridgehead atoms. The molecule has 1 unspecified atom stereocenters. The first-order valence-electron chi connectivity index (χ1n) is 4.87. The van der Waals surface area contributed by atoms with E-state index in [-0.39, 0.29) is 11.7 Å². The van der Waals surface area contributed by atoms with Crippen molar-refractivity contribution in [2.24, 2.45) is 0 Å². The number of fused-ring (bicyclic) bond motifs is 1. The Balaban J connectivity index is 2.20. The number of thioether (sulfide) groups is 1. The Morgan fingerprint density at radius 2 is 2.44 bits per heavy atom. The van der Waals surface area contributed by atoms with Crippen molar-refractivity contribution in [1.82, 2.24) is 4.98 Å². The first kappa shape index (κ1) is 11.4. The van der Waals surface area contributed by atoms with Gasteiger partial charge >= 0.3 is 5.97 Å². The highest BCUT2D eigenvalue weighted by atomic mass is 32.2. The van der Waals surface area contributed by atoms with Gasteiger partial charge in [-0.3, -0.25) is 4.79 Å². The van der Waals surface area contributed by atoms with Crippen molar-refractivity contribution in [3.8, 4) is 0 Å². The molecule has 3 nitrogen and oxygen atoms in total. The molecule has 0 amide bonds. The van der Waals surface area contributed by atoms with Crippen molar-refractivity contribution < 1.29 is 9.90 Å². The topological polar surface area (TPSA) is 50.2 Å². The van der Waals surface area contributed by atoms with Crippen molar-refractivity contribution in [2.75, 3.05) is 0 Å². The third kappa shape index (κ3) is 2.54. The van der Waals surface area contributed by atoms with Crippen LogP contribution in [0, 0.1) is 0 Å². The Kier molecular flexibility index (Phi) is 3.46. The fourth-order valence-corrected chi connectivity index (χ4v) is 3.32. The maximum atomic E-state index is 10.6. The first-order chi connectivity index (χ1) is 7.66. The highest BCUT2D eigenvalue weighted by molar-refractivity contribution is 8.00. The molecule has 5 heteroatoms. The maximum absolute atomic E-state index is 10.6.